The molecule has 1 unspecified atom stereocenters. The van der Waals surface area contributed by atoms with Crippen LogP contribution >= 0.6 is 0 Å². The molecule has 2 heteroatoms. The van der Waals surface area contributed by atoms with Crippen LogP contribution in [0.25, 0.3) is 0 Å². The molecule has 0 aliphatic heterocycles. The monoisotopic (exact) mass is 159 g/mol. The maximum Gasteiger partial charge on any atom is 0.0702 e. The fourth-order valence-electron chi connectivity index (χ4n) is 1.06. The quantitative estimate of drug-likeness (QED) is 0.606. The smallest absolute Gasteiger partial charge is 0.0702 e. The molecule has 0 heterocycles. The molecule has 2 nitrogen and oxygen atoms in total. The standard InChI is InChI=1S/C9H21NO/c1-6-9(7-10(4)5)11-8(2)3/h8-9H,6-7H2,1-5H3. The van der Waals surface area contributed by atoms with Gasteiger partial charge < -0.3 is 9.64 Å². The second kappa shape index (κ2) is 5.56. The number of hydrogen-bond acceptors (Lipinski definition) is 2. The first-order valence-corrected chi connectivity index (χ1v) is 4.36. The first-order chi connectivity index (χ1) is 5.06. The van der Waals surface area contributed by atoms with Gasteiger partial charge in [0, 0.05) is 6.54 Å². The maximum absolute atomic E-state index is 5.67. The zero-order chi connectivity index (χ0) is 8.85. The van der Waals surface area contributed by atoms with Crippen LogP contribution in [0.2, 0.25) is 0 Å². The van der Waals surface area contributed by atoms with E-state index in [0.29, 0.717) is 12.2 Å². The third-order valence-corrected chi connectivity index (χ3v) is 1.49. The third kappa shape index (κ3) is 6.32. The van der Waals surface area contributed by atoms with Crippen LogP contribution in [0.4, 0.5) is 0 Å². The van der Waals surface area contributed by atoms with Crippen molar-refractivity contribution in [2.24, 2.45) is 0 Å². The highest BCUT2D eigenvalue weighted by molar-refractivity contribution is 4.59. The van der Waals surface area contributed by atoms with Crippen molar-refractivity contribution in [3.63, 3.8) is 0 Å². The van der Waals surface area contributed by atoms with Crippen molar-refractivity contribution >= 4 is 0 Å². The van der Waals surface area contributed by atoms with Gasteiger partial charge in [0.2, 0.25) is 0 Å². The predicted molar refractivity (Wildman–Crippen MR) is 48.9 cm³/mol. The molecule has 0 saturated heterocycles. The van der Waals surface area contributed by atoms with Crippen LogP contribution in [0, 0.1) is 0 Å². The third-order valence-electron chi connectivity index (χ3n) is 1.49. The predicted octanol–water partition coefficient (Wildman–Crippen LogP) is 1.75. The summed E-state index contributed by atoms with van der Waals surface area (Å²) >= 11 is 0. The van der Waals surface area contributed by atoms with Gasteiger partial charge in [-0.05, 0) is 34.4 Å². The van der Waals surface area contributed by atoms with Gasteiger partial charge in [0.05, 0.1) is 12.2 Å². The molecule has 0 fully saturated rings. The average molecular weight is 159 g/mol. The van der Waals surface area contributed by atoms with E-state index < -0.39 is 0 Å². The Bertz CT molecular complexity index is 81.6. The summed E-state index contributed by atoms with van der Waals surface area (Å²) < 4.78 is 5.67. The Morgan fingerprint density at radius 2 is 1.82 bits per heavy atom. The number of nitrogens with zero attached hydrogens (tertiary/aromatic N) is 1. The van der Waals surface area contributed by atoms with Crippen LogP contribution in [-0.2, 0) is 4.74 Å². The molecule has 0 saturated carbocycles. The van der Waals surface area contributed by atoms with Gasteiger partial charge in [-0.15, -0.1) is 0 Å². The van der Waals surface area contributed by atoms with Crippen molar-refractivity contribution in [1.29, 1.82) is 0 Å². The van der Waals surface area contributed by atoms with E-state index in [1.807, 2.05) is 0 Å². The zero-order valence-electron chi connectivity index (χ0n) is 8.42. The lowest BCUT2D eigenvalue weighted by Crippen LogP contribution is -2.29. The van der Waals surface area contributed by atoms with Gasteiger partial charge in [0.15, 0.2) is 0 Å². The molecule has 0 radical (unpaired) electrons. The molecule has 0 amide bonds. The van der Waals surface area contributed by atoms with Crippen molar-refractivity contribution in [2.75, 3.05) is 20.6 Å². The minimum absolute atomic E-state index is 0.347. The Kier molecular flexibility index (Phi) is 5.51. The molecule has 11 heavy (non-hydrogen) atoms. The van der Waals surface area contributed by atoms with Crippen LogP contribution in [-0.4, -0.2) is 37.7 Å². The highest BCUT2D eigenvalue weighted by Crippen LogP contribution is 2.02. The number of rotatable bonds is 5. The summed E-state index contributed by atoms with van der Waals surface area (Å²) in [5.74, 6) is 0. The van der Waals surface area contributed by atoms with Gasteiger partial charge in [0.25, 0.3) is 0 Å². The molecule has 0 aromatic heterocycles. The normalized spacial score (nSPS) is 14.5. The van der Waals surface area contributed by atoms with E-state index in [-0.39, 0.29) is 0 Å². The van der Waals surface area contributed by atoms with Gasteiger partial charge >= 0.3 is 0 Å². The Hall–Kier alpha value is -0.0800. The van der Waals surface area contributed by atoms with Crippen molar-refractivity contribution in [3.05, 3.63) is 0 Å². The Labute approximate surface area is 70.5 Å². The minimum atomic E-state index is 0.347. The highest BCUT2D eigenvalue weighted by atomic mass is 16.5. The fourth-order valence-corrected chi connectivity index (χ4v) is 1.06. The van der Waals surface area contributed by atoms with Gasteiger partial charge in [0.1, 0.15) is 0 Å². The molecule has 0 aliphatic carbocycles. The fraction of sp³-hybridized carbons (Fsp3) is 1.00. The van der Waals surface area contributed by atoms with Crippen LogP contribution in [0.3, 0.4) is 0 Å². The van der Waals surface area contributed by atoms with Crippen LogP contribution in [0.15, 0.2) is 0 Å². The first kappa shape index (κ1) is 10.9. The highest BCUT2D eigenvalue weighted by Gasteiger charge is 2.08. The molecule has 0 bridgehead atoms. The molecule has 0 spiro atoms. The van der Waals surface area contributed by atoms with E-state index >= 15 is 0 Å². The van der Waals surface area contributed by atoms with E-state index in [1.165, 1.54) is 0 Å². The summed E-state index contributed by atoms with van der Waals surface area (Å²) in [6.45, 7) is 7.35. The molecule has 0 aromatic rings. The summed E-state index contributed by atoms with van der Waals surface area (Å²) in [6.07, 6.45) is 1.83. The van der Waals surface area contributed by atoms with Crippen molar-refractivity contribution in [2.45, 2.75) is 39.4 Å². The van der Waals surface area contributed by atoms with Crippen LogP contribution in [0.5, 0.6) is 0 Å². The molecular formula is C9H21NO. The summed E-state index contributed by atoms with van der Waals surface area (Å²) in [7, 11) is 4.15. The van der Waals surface area contributed by atoms with Gasteiger partial charge in [-0.25, -0.2) is 0 Å². The maximum atomic E-state index is 5.67. The lowest BCUT2D eigenvalue weighted by Gasteiger charge is -2.22. The summed E-state index contributed by atoms with van der Waals surface area (Å²) in [5.41, 5.74) is 0. The van der Waals surface area contributed by atoms with Crippen LogP contribution in [0.1, 0.15) is 27.2 Å². The number of likely N-dealkylation sites (N-methyl/N-ethyl adjacent to an activating group) is 1. The van der Waals surface area contributed by atoms with Crippen molar-refractivity contribution in [1.82, 2.24) is 4.90 Å². The van der Waals surface area contributed by atoms with Gasteiger partial charge in [-0.2, -0.15) is 0 Å². The lowest BCUT2D eigenvalue weighted by atomic mass is 10.2. The first-order valence-electron chi connectivity index (χ1n) is 4.36. The lowest BCUT2D eigenvalue weighted by molar-refractivity contribution is -0.00664. The minimum Gasteiger partial charge on any atom is -0.374 e. The SMILES string of the molecule is CCC(CN(C)C)OC(C)C. The van der Waals surface area contributed by atoms with Crippen molar-refractivity contribution in [3.8, 4) is 0 Å². The summed E-state index contributed by atoms with van der Waals surface area (Å²) in [5, 5.41) is 0. The molecule has 0 rings (SSSR count). The molecule has 68 valence electrons. The second-order valence-corrected chi connectivity index (χ2v) is 3.48. The van der Waals surface area contributed by atoms with E-state index in [2.05, 4.69) is 39.8 Å². The van der Waals surface area contributed by atoms with Crippen LogP contribution < -0.4 is 0 Å². The van der Waals surface area contributed by atoms with Gasteiger partial charge in [-0.3, -0.25) is 0 Å². The van der Waals surface area contributed by atoms with Gasteiger partial charge in [-0.1, -0.05) is 6.92 Å². The molecule has 1 atom stereocenters. The average Bonchev–Trinajstić information content (AvgIpc) is 1.84. The van der Waals surface area contributed by atoms with E-state index in [9.17, 15) is 0 Å². The molecule has 0 aliphatic rings. The van der Waals surface area contributed by atoms with E-state index in [4.69, 9.17) is 4.74 Å². The Balaban J connectivity index is 3.58. The second-order valence-electron chi connectivity index (χ2n) is 3.48. The molecule has 0 aromatic carbocycles. The molecular weight excluding hydrogens is 138 g/mol. The zero-order valence-corrected chi connectivity index (χ0v) is 8.42. The topological polar surface area (TPSA) is 12.5 Å². The summed E-state index contributed by atoms with van der Waals surface area (Å²) in [6, 6.07) is 0. The van der Waals surface area contributed by atoms with E-state index in [0.717, 1.165) is 13.0 Å². The molecule has 0 N–H and O–H groups in total. The Morgan fingerprint density at radius 1 is 1.27 bits per heavy atom. The Morgan fingerprint density at radius 3 is 2.09 bits per heavy atom. The summed E-state index contributed by atoms with van der Waals surface area (Å²) in [4.78, 5) is 2.16. The number of hydrogen-bond donors (Lipinski definition) is 0. The number of ether oxygens (including phenoxy) is 1. The van der Waals surface area contributed by atoms with Crippen molar-refractivity contribution < 1.29 is 4.74 Å². The van der Waals surface area contributed by atoms with E-state index in [1.54, 1.807) is 0 Å². The largest absolute Gasteiger partial charge is 0.374 e.